The Bertz CT molecular complexity index is 627. The van der Waals surface area contributed by atoms with Gasteiger partial charge in [0, 0.05) is 4.47 Å². The Hall–Kier alpha value is -1.12. The van der Waals surface area contributed by atoms with Gasteiger partial charge in [-0.05, 0) is 92.7 Å². The van der Waals surface area contributed by atoms with E-state index >= 15 is 0 Å². The number of halogens is 1. The maximum atomic E-state index is 3.51. The van der Waals surface area contributed by atoms with E-state index in [1.807, 2.05) is 7.05 Å². The van der Waals surface area contributed by atoms with Gasteiger partial charge in [0.15, 0.2) is 0 Å². The van der Waals surface area contributed by atoms with Crippen LogP contribution in [0.15, 0.2) is 28.7 Å². The summed E-state index contributed by atoms with van der Waals surface area (Å²) in [6, 6.07) is 8.83. The van der Waals surface area contributed by atoms with Gasteiger partial charge in [0.05, 0.1) is 6.04 Å². The van der Waals surface area contributed by atoms with Crippen LogP contribution in [0.5, 0.6) is 0 Å². The van der Waals surface area contributed by atoms with E-state index in [0.717, 1.165) is 4.47 Å². The first-order chi connectivity index (χ1) is 9.88. The van der Waals surface area contributed by atoms with Crippen LogP contribution in [0, 0.1) is 34.6 Å². The number of hydrogen-bond donors (Lipinski definition) is 1. The molecule has 1 unspecified atom stereocenters. The molecule has 1 atom stereocenters. The summed E-state index contributed by atoms with van der Waals surface area (Å²) in [5.74, 6) is 0. The fourth-order valence-corrected chi connectivity index (χ4v) is 3.36. The van der Waals surface area contributed by atoms with E-state index < -0.39 is 0 Å². The lowest BCUT2D eigenvalue weighted by molar-refractivity contribution is 0.680. The van der Waals surface area contributed by atoms with Gasteiger partial charge in [-0.2, -0.15) is 0 Å². The highest BCUT2D eigenvalue weighted by molar-refractivity contribution is 9.10. The van der Waals surface area contributed by atoms with Crippen molar-refractivity contribution in [3.8, 4) is 0 Å². The van der Waals surface area contributed by atoms with Crippen molar-refractivity contribution in [3.63, 3.8) is 0 Å². The normalized spacial score (nSPS) is 12.5. The summed E-state index contributed by atoms with van der Waals surface area (Å²) < 4.78 is 1.12. The molecule has 0 amide bonds. The van der Waals surface area contributed by atoms with E-state index in [4.69, 9.17) is 0 Å². The average Bonchev–Trinajstić information content (AvgIpc) is 2.49. The Morgan fingerprint density at radius 2 is 1.19 bits per heavy atom. The van der Waals surface area contributed by atoms with Crippen LogP contribution in [0.2, 0.25) is 0 Å². The monoisotopic (exact) mass is 345 g/mol. The summed E-state index contributed by atoms with van der Waals surface area (Å²) in [5, 5.41) is 3.49. The topological polar surface area (TPSA) is 12.0 Å². The molecule has 0 spiro atoms. The van der Waals surface area contributed by atoms with Crippen molar-refractivity contribution in [3.05, 3.63) is 67.7 Å². The molecule has 0 aliphatic carbocycles. The molecule has 0 saturated heterocycles. The molecule has 0 heterocycles. The SMILES string of the molecule is CNC(c1ccc(Br)cc1)c1c(C)c(C)c(C)c(C)c1C. The summed E-state index contributed by atoms with van der Waals surface area (Å²) >= 11 is 3.51. The van der Waals surface area contributed by atoms with E-state index in [-0.39, 0.29) is 6.04 Å². The highest BCUT2D eigenvalue weighted by Crippen LogP contribution is 2.33. The van der Waals surface area contributed by atoms with Crippen molar-refractivity contribution in [2.75, 3.05) is 7.05 Å². The third-order valence-corrected chi connectivity index (χ3v) is 5.37. The molecular weight excluding hydrogens is 322 g/mol. The second kappa shape index (κ2) is 6.33. The zero-order valence-corrected chi connectivity index (χ0v) is 15.4. The Balaban J connectivity index is 2.65. The van der Waals surface area contributed by atoms with Crippen LogP contribution in [-0.2, 0) is 0 Å². The van der Waals surface area contributed by atoms with Gasteiger partial charge in [-0.1, -0.05) is 28.1 Å². The van der Waals surface area contributed by atoms with Gasteiger partial charge in [-0.3, -0.25) is 0 Å². The van der Waals surface area contributed by atoms with E-state index in [9.17, 15) is 0 Å². The van der Waals surface area contributed by atoms with Crippen LogP contribution in [0.25, 0.3) is 0 Å². The standard InChI is InChI=1S/C19H24BrN/c1-11-12(2)14(4)18(15(5)13(11)3)19(21-6)16-7-9-17(20)10-8-16/h7-10,19,21H,1-6H3. The molecule has 2 aromatic rings. The number of nitrogens with one attached hydrogen (secondary N) is 1. The maximum Gasteiger partial charge on any atom is 0.0579 e. The zero-order chi connectivity index (χ0) is 15.7. The number of rotatable bonds is 3. The van der Waals surface area contributed by atoms with Crippen molar-refractivity contribution >= 4 is 15.9 Å². The van der Waals surface area contributed by atoms with Crippen LogP contribution >= 0.6 is 15.9 Å². The molecule has 0 aromatic heterocycles. The molecule has 2 rings (SSSR count). The van der Waals surface area contributed by atoms with Gasteiger partial charge in [-0.25, -0.2) is 0 Å². The second-order valence-corrected chi connectivity index (χ2v) is 6.73. The van der Waals surface area contributed by atoms with Gasteiger partial charge >= 0.3 is 0 Å². The van der Waals surface area contributed by atoms with Crippen molar-refractivity contribution in [2.24, 2.45) is 0 Å². The fraction of sp³-hybridized carbons (Fsp3) is 0.368. The van der Waals surface area contributed by atoms with E-state index in [2.05, 4.69) is 80.1 Å². The molecule has 0 bridgehead atoms. The van der Waals surface area contributed by atoms with Crippen molar-refractivity contribution in [1.82, 2.24) is 5.32 Å². The van der Waals surface area contributed by atoms with Gasteiger partial charge in [-0.15, -0.1) is 0 Å². The lowest BCUT2D eigenvalue weighted by Gasteiger charge is -2.26. The Labute approximate surface area is 136 Å². The quantitative estimate of drug-likeness (QED) is 0.795. The molecule has 0 aliphatic heterocycles. The lowest BCUT2D eigenvalue weighted by Crippen LogP contribution is -2.21. The minimum atomic E-state index is 0.232. The van der Waals surface area contributed by atoms with Crippen LogP contribution in [-0.4, -0.2) is 7.05 Å². The first-order valence-electron chi connectivity index (χ1n) is 7.38. The molecule has 21 heavy (non-hydrogen) atoms. The number of benzene rings is 2. The molecule has 0 radical (unpaired) electrons. The third kappa shape index (κ3) is 2.93. The molecule has 0 fully saturated rings. The average molecular weight is 346 g/mol. The Morgan fingerprint density at radius 3 is 1.62 bits per heavy atom. The summed E-state index contributed by atoms with van der Waals surface area (Å²) in [7, 11) is 2.04. The van der Waals surface area contributed by atoms with Crippen molar-refractivity contribution in [1.29, 1.82) is 0 Å². The molecule has 0 saturated carbocycles. The summed E-state index contributed by atoms with van der Waals surface area (Å²) in [6.45, 7) is 11.2. The molecule has 112 valence electrons. The van der Waals surface area contributed by atoms with Gasteiger partial charge in [0.2, 0.25) is 0 Å². The van der Waals surface area contributed by atoms with Gasteiger partial charge < -0.3 is 5.32 Å². The zero-order valence-electron chi connectivity index (χ0n) is 13.8. The molecular formula is C19H24BrN. The smallest absolute Gasteiger partial charge is 0.0579 e. The molecule has 2 aromatic carbocycles. The lowest BCUT2D eigenvalue weighted by atomic mass is 9.84. The van der Waals surface area contributed by atoms with Crippen molar-refractivity contribution < 1.29 is 0 Å². The van der Waals surface area contributed by atoms with Crippen LogP contribution in [0.3, 0.4) is 0 Å². The summed E-state index contributed by atoms with van der Waals surface area (Å²) in [4.78, 5) is 0. The largest absolute Gasteiger partial charge is 0.309 e. The van der Waals surface area contributed by atoms with Gasteiger partial charge in [0.25, 0.3) is 0 Å². The summed E-state index contributed by atoms with van der Waals surface area (Å²) in [5.41, 5.74) is 9.75. The first kappa shape index (κ1) is 16.3. The van der Waals surface area contributed by atoms with Gasteiger partial charge in [0.1, 0.15) is 0 Å². The molecule has 1 N–H and O–H groups in total. The highest BCUT2D eigenvalue weighted by Gasteiger charge is 2.20. The van der Waals surface area contributed by atoms with Crippen LogP contribution in [0.1, 0.15) is 45.0 Å². The van der Waals surface area contributed by atoms with E-state index in [1.54, 1.807) is 0 Å². The number of hydrogen-bond acceptors (Lipinski definition) is 1. The maximum absolute atomic E-state index is 3.51. The Kier molecular flexibility index (Phi) is 4.90. The highest BCUT2D eigenvalue weighted by atomic mass is 79.9. The van der Waals surface area contributed by atoms with E-state index in [1.165, 1.54) is 38.9 Å². The van der Waals surface area contributed by atoms with Crippen LogP contribution < -0.4 is 5.32 Å². The van der Waals surface area contributed by atoms with Crippen molar-refractivity contribution in [2.45, 2.75) is 40.7 Å². The molecule has 2 heteroatoms. The van der Waals surface area contributed by atoms with E-state index in [0.29, 0.717) is 0 Å². The first-order valence-corrected chi connectivity index (χ1v) is 8.17. The fourth-order valence-electron chi connectivity index (χ4n) is 3.09. The molecule has 0 aliphatic rings. The van der Waals surface area contributed by atoms with Crippen LogP contribution in [0.4, 0.5) is 0 Å². The predicted molar refractivity (Wildman–Crippen MR) is 95.2 cm³/mol. The minimum Gasteiger partial charge on any atom is -0.309 e. The predicted octanol–water partition coefficient (Wildman–Crippen LogP) is 5.30. The minimum absolute atomic E-state index is 0.232. The Morgan fingerprint density at radius 1 is 0.762 bits per heavy atom. The summed E-state index contributed by atoms with van der Waals surface area (Å²) in [6.07, 6.45) is 0. The second-order valence-electron chi connectivity index (χ2n) is 5.81. The third-order valence-electron chi connectivity index (χ3n) is 4.84. The molecule has 1 nitrogen and oxygen atoms in total.